The third-order valence-electron chi connectivity index (χ3n) is 5.97. The number of hydrogen-bond acceptors (Lipinski definition) is 4. The van der Waals surface area contributed by atoms with Crippen molar-refractivity contribution in [3.05, 3.63) is 108 Å². The van der Waals surface area contributed by atoms with E-state index in [0.717, 1.165) is 34.7 Å². The van der Waals surface area contributed by atoms with Gasteiger partial charge in [-0.05, 0) is 79.8 Å². The molecule has 1 fully saturated rings. The molecule has 0 bridgehead atoms. The Morgan fingerprint density at radius 3 is 2.29 bits per heavy atom. The van der Waals surface area contributed by atoms with Gasteiger partial charge in [0, 0.05) is 34.6 Å². The molecule has 1 aliphatic rings. The zero-order valence-corrected chi connectivity index (χ0v) is 20.9. The molecule has 35 heavy (non-hydrogen) atoms. The number of benzene rings is 2. The van der Waals surface area contributed by atoms with Gasteiger partial charge in [0.05, 0.1) is 18.0 Å². The molecule has 178 valence electrons. The quantitative estimate of drug-likeness (QED) is 0.371. The van der Waals surface area contributed by atoms with Crippen LogP contribution in [0.2, 0.25) is 0 Å². The number of nitrogens with zero attached hydrogens (tertiary/aromatic N) is 3. The Labute approximate surface area is 210 Å². The second-order valence-corrected chi connectivity index (χ2v) is 10.6. The molecule has 4 aromatic rings. The zero-order chi connectivity index (χ0) is 24.6. The maximum Gasteiger partial charge on any atom is 0.229 e. The lowest BCUT2D eigenvalue weighted by Crippen LogP contribution is -2.30. The van der Waals surface area contributed by atoms with E-state index in [9.17, 15) is 8.42 Å². The lowest BCUT2D eigenvalue weighted by molar-refractivity contribution is 0.548. The normalized spacial score (nSPS) is 17.9. The predicted molar refractivity (Wildman–Crippen MR) is 143 cm³/mol. The van der Waals surface area contributed by atoms with E-state index in [2.05, 4.69) is 55.7 Å². The molecule has 2 aromatic carbocycles. The van der Waals surface area contributed by atoms with Crippen molar-refractivity contribution in [1.82, 2.24) is 14.9 Å². The molecule has 0 radical (unpaired) electrons. The van der Waals surface area contributed by atoms with Crippen LogP contribution in [0.4, 0.5) is 11.4 Å². The molecule has 3 heterocycles. The number of thiocarbonyl (C=S) groups is 1. The average molecular weight is 504 g/mol. The van der Waals surface area contributed by atoms with Gasteiger partial charge in [-0.3, -0.25) is 9.71 Å². The highest BCUT2D eigenvalue weighted by Crippen LogP contribution is 2.43. The number of nitrogens with one attached hydrogen (secondary N) is 2. The summed E-state index contributed by atoms with van der Waals surface area (Å²) >= 11 is 5.83. The van der Waals surface area contributed by atoms with Crippen LogP contribution in [0.15, 0.2) is 91.1 Å². The van der Waals surface area contributed by atoms with Gasteiger partial charge in [-0.15, -0.1) is 0 Å². The predicted octanol–water partition coefficient (Wildman–Crippen LogP) is 4.73. The summed E-state index contributed by atoms with van der Waals surface area (Å²) in [7, 11) is -3.37. The van der Waals surface area contributed by atoms with Crippen LogP contribution >= 0.6 is 12.2 Å². The summed E-state index contributed by atoms with van der Waals surface area (Å²) in [6.07, 6.45) is 2.92. The van der Waals surface area contributed by atoms with Crippen LogP contribution in [0, 0.1) is 6.92 Å². The molecule has 9 heteroatoms. The molecule has 2 atom stereocenters. The Morgan fingerprint density at radius 2 is 1.63 bits per heavy atom. The molecule has 0 amide bonds. The highest BCUT2D eigenvalue weighted by molar-refractivity contribution is 7.92. The van der Waals surface area contributed by atoms with Gasteiger partial charge in [0.2, 0.25) is 10.0 Å². The van der Waals surface area contributed by atoms with Gasteiger partial charge < -0.3 is 14.8 Å². The molecule has 1 saturated heterocycles. The summed E-state index contributed by atoms with van der Waals surface area (Å²) in [6, 6.07) is 27.2. The van der Waals surface area contributed by atoms with Crippen LogP contribution < -0.4 is 14.9 Å². The van der Waals surface area contributed by atoms with E-state index in [1.165, 1.54) is 0 Å². The van der Waals surface area contributed by atoms with E-state index < -0.39 is 10.0 Å². The first kappa shape index (κ1) is 23.1. The standard InChI is InChI=1S/C26H25N5O2S2/c1-18-11-16-23(30(18)20-8-4-3-5-9-20)25-24(22-10-6-7-17-27-22)28-26(34)31(25)21-14-12-19(13-15-21)29-35(2,32)33/h3-17,24-25,29H,1-2H3,(H,28,34)/t24-,25-/m1/s1. The van der Waals surface area contributed by atoms with Crippen LogP contribution in [0.3, 0.4) is 0 Å². The minimum Gasteiger partial charge on any atom is -0.351 e. The lowest BCUT2D eigenvalue weighted by Gasteiger charge is -2.29. The monoisotopic (exact) mass is 503 g/mol. The molecule has 0 spiro atoms. The van der Waals surface area contributed by atoms with Crippen LogP contribution in [0.5, 0.6) is 0 Å². The summed E-state index contributed by atoms with van der Waals surface area (Å²) in [5.74, 6) is 0. The first-order chi connectivity index (χ1) is 16.8. The van der Waals surface area contributed by atoms with E-state index in [4.69, 9.17) is 12.2 Å². The first-order valence-electron chi connectivity index (χ1n) is 11.1. The molecule has 0 saturated carbocycles. The van der Waals surface area contributed by atoms with Crippen LogP contribution in [0.1, 0.15) is 29.2 Å². The molecule has 0 aliphatic carbocycles. The molecule has 1 aliphatic heterocycles. The van der Waals surface area contributed by atoms with Gasteiger partial charge >= 0.3 is 0 Å². The van der Waals surface area contributed by atoms with Crippen molar-refractivity contribution in [2.24, 2.45) is 0 Å². The Kier molecular flexibility index (Phi) is 6.04. The highest BCUT2D eigenvalue weighted by atomic mass is 32.2. The van der Waals surface area contributed by atoms with Crippen molar-refractivity contribution >= 4 is 38.7 Å². The maximum atomic E-state index is 11.6. The van der Waals surface area contributed by atoms with Gasteiger partial charge in [0.1, 0.15) is 6.04 Å². The molecule has 0 unspecified atom stereocenters. The summed E-state index contributed by atoms with van der Waals surface area (Å²) < 4.78 is 28.0. The highest BCUT2D eigenvalue weighted by Gasteiger charge is 2.42. The number of sulfonamides is 1. The minimum absolute atomic E-state index is 0.186. The van der Waals surface area contributed by atoms with E-state index >= 15 is 0 Å². The van der Waals surface area contributed by atoms with Gasteiger partial charge in [-0.25, -0.2) is 8.42 Å². The molecule has 7 nitrogen and oxygen atoms in total. The Morgan fingerprint density at radius 1 is 0.914 bits per heavy atom. The maximum absolute atomic E-state index is 11.6. The number of rotatable bonds is 6. The van der Waals surface area contributed by atoms with E-state index in [-0.39, 0.29) is 12.1 Å². The third kappa shape index (κ3) is 4.65. The number of para-hydroxylation sites is 1. The van der Waals surface area contributed by atoms with Crippen LogP contribution in [-0.2, 0) is 10.0 Å². The molecule has 5 rings (SSSR count). The smallest absolute Gasteiger partial charge is 0.229 e. The minimum atomic E-state index is -3.37. The zero-order valence-electron chi connectivity index (χ0n) is 19.3. The van der Waals surface area contributed by atoms with Crippen molar-refractivity contribution in [2.45, 2.75) is 19.0 Å². The van der Waals surface area contributed by atoms with Crippen molar-refractivity contribution in [1.29, 1.82) is 0 Å². The van der Waals surface area contributed by atoms with Gasteiger partial charge in [0.25, 0.3) is 0 Å². The fraction of sp³-hybridized carbons (Fsp3) is 0.154. The second-order valence-electron chi connectivity index (χ2n) is 8.49. The van der Waals surface area contributed by atoms with Crippen LogP contribution in [-0.4, -0.2) is 29.3 Å². The Hall–Kier alpha value is -3.69. The first-order valence-corrected chi connectivity index (χ1v) is 13.4. The summed E-state index contributed by atoms with van der Waals surface area (Å²) in [4.78, 5) is 6.70. The third-order valence-corrected chi connectivity index (χ3v) is 6.89. The fourth-order valence-corrected chi connectivity index (χ4v) is 5.47. The van der Waals surface area contributed by atoms with Crippen molar-refractivity contribution < 1.29 is 8.42 Å². The van der Waals surface area contributed by atoms with Gasteiger partial charge in [0.15, 0.2) is 5.11 Å². The second kappa shape index (κ2) is 9.16. The lowest BCUT2D eigenvalue weighted by atomic mass is 10.0. The van der Waals surface area contributed by atoms with E-state index in [0.29, 0.717) is 10.8 Å². The number of aryl methyl sites for hydroxylation is 1. The Bertz CT molecular complexity index is 1450. The molecular weight excluding hydrogens is 478 g/mol. The summed E-state index contributed by atoms with van der Waals surface area (Å²) in [5, 5.41) is 4.05. The summed E-state index contributed by atoms with van der Waals surface area (Å²) in [5.41, 5.74) is 5.47. The van der Waals surface area contributed by atoms with Crippen LogP contribution in [0.25, 0.3) is 5.69 Å². The van der Waals surface area contributed by atoms with Gasteiger partial charge in [-0.1, -0.05) is 24.3 Å². The van der Waals surface area contributed by atoms with Gasteiger partial charge in [-0.2, -0.15) is 0 Å². The Balaban J connectivity index is 1.63. The van der Waals surface area contributed by atoms with Crippen molar-refractivity contribution in [3.8, 4) is 5.69 Å². The summed E-state index contributed by atoms with van der Waals surface area (Å²) in [6.45, 7) is 2.09. The van der Waals surface area contributed by atoms with Crippen molar-refractivity contribution in [3.63, 3.8) is 0 Å². The number of aromatic nitrogens is 2. The average Bonchev–Trinajstić information content (AvgIpc) is 3.39. The molecule has 2 aromatic heterocycles. The molecular formula is C26H25N5O2S2. The number of pyridine rings is 1. The topological polar surface area (TPSA) is 79.3 Å². The van der Waals surface area contributed by atoms with E-state index in [1.54, 1.807) is 18.3 Å². The SMILES string of the molecule is Cc1ccc([C@@H]2[C@@H](c3ccccn3)NC(=S)N2c2ccc(NS(C)(=O)=O)cc2)n1-c1ccccc1. The van der Waals surface area contributed by atoms with Crippen molar-refractivity contribution in [2.75, 3.05) is 15.9 Å². The number of anilines is 2. The number of hydrogen-bond donors (Lipinski definition) is 2. The fourth-order valence-electron chi connectivity index (χ4n) is 4.56. The molecule has 2 N–H and O–H groups in total. The van der Waals surface area contributed by atoms with E-state index in [1.807, 2.05) is 48.5 Å². The largest absolute Gasteiger partial charge is 0.351 e.